The summed E-state index contributed by atoms with van der Waals surface area (Å²) < 4.78 is 4.08. The van der Waals surface area contributed by atoms with Crippen LogP contribution in [0.4, 0.5) is 0 Å². The van der Waals surface area contributed by atoms with Gasteiger partial charge in [0, 0.05) is 6.04 Å². The lowest BCUT2D eigenvalue weighted by Gasteiger charge is -2.12. The Balaban J connectivity index is 1.91. The van der Waals surface area contributed by atoms with Crippen LogP contribution < -0.4 is 5.73 Å². The van der Waals surface area contributed by atoms with E-state index in [1.807, 2.05) is 16.7 Å². The second-order valence-electron chi connectivity index (χ2n) is 5.76. The van der Waals surface area contributed by atoms with Crippen molar-refractivity contribution < 1.29 is 0 Å². The molecule has 2 aromatic heterocycles. The number of para-hydroxylation sites is 1. The van der Waals surface area contributed by atoms with E-state index in [9.17, 15) is 0 Å². The van der Waals surface area contributed by atoms with Crippen LogP contribution in [0.15, 0.2) is 35.7 Å². The van der Waals surface area contributed by atoms with E-state index in [-0.39, 0.29) is 0 Å². The Kier molecular flexibility index (Phi) is 4.96. The van der Waals surface area contributed by atoms with Crippen molar-refractivity contribution in [2.24, 2.45) is 5.73 Å². The monoisotopic (exact) mass is 343 g/mol. The average Bonchev–Trinajstić information content (AvgIpc) is 3.19. The lowest BCUT2D eigenvalue weighted by Crippen LogP contribution is -2.09. The van der Waals surface area contributed by atoms with Crippen LogP contribution in [0.2, 0.25) is 0 Å². The normalized spacial score (nSPS) is 11.4. The molecule has 0 aliphatic heterocycles. The van der Waals surface area contributed by atoms with E-state index in [2.05, 4.69) is 57.9 Å². The number of thioether (sulfide) groups is 1. The molecule has 126 valence electrons. The van der Waals surface area contributed by atoms with Crippen molar-refractivity contribution in [3.05, 3.63) is 47.8 Å². The fourth-order valence-corrected chi connectivity index (χ4v) is 3.41. The van der Waals surface area contributed by atoms with E-state index in [1.165, 1.54) is 0 Å². The molecular weight excluding hydrogens is 322 g/mol. The first kappa shape index (κ1) is 16.7. The number of aromatic nitrogens is 6. The van der Waals surface area contributed by atoms with Crippen LogP contribution >= 0.6 is 11.8 Å². The molecule has 0 atom stereocenters. The average molecular weight is 343 g/mol. The van der Waals surface area contributed by atoms with Gasteiger partial charge in [0.25, 0.3) is 0 Å². The van der Waals surface area contributed by atoms with Gasteiger partial charge in [0.15, 0.2) is 11.0 Å². The molecule has 0 unspecified atom stereocenters. The molecule has 3 aromatic rings. The van der Waals surface area contributed by atoms with Crippen LogP contribution in [0, 0.1) is 6.92 Å². The van der Waals surface area contributed by atoms with Crippen LogP contribution in [-0.2, 0) is 12.3 Å². The standard InChI is InChI=1S/C16H21N7S/c1-11(2)22-10-18-19-15(22)9-24-16-21-20-14(8-17)23(16)13-7-5-4-6-12(13)3/h4-7,10-11H,8-9,17H2,1-3H3. The first-order valence-electron chi connectivity index (χ1n) is 7.83. The van der Waals surface area contributed by atoms with E-state index in [0.717, 1.165) is 28.1 Å². The first-order chi connectivity index (χ1) is 11.6. The van der Waals surface area contributed by atoms with Gasteiger partial charge >= 0.3 is 0 Å². The van der Waals surface area contributed by atoms with Crippen molar-refractivity contribution in [1.29, 1.82) is 0 Å². The summed E-state index contributed by atoms with van der Waals surface area (Å²) in [6.45, 7) is 6.63. The van der Waals surface area contributed by atoms with Crippen LogP contribution in [0.1, 0.15) is 37.1 Å². The number of hydrogen-bond donors (Lipinski definition) is 1. The van der Waals surface area contributed by atoms with E-state index in [4.69, 9.17) is 5.73 Å². The smallest absolute Gasteiger partial charge is 0.196 e. The van der Waals surface area contributed by atoms with Crippen molar-refractivity contribution in [1.82, 2.24) is 29.5 Å². The van der Waals surface area contributed by atoms with Gasteiger partial charge in [0.2, 0.25) is 0 Å². The van der Waals surface area contributed by atoms with Gasteiger partial charge in [-0.15, -0.1) is 20.4 Å². The van der Waals surface area contributed by atoms with Crippen LogP contribution in [0.3, 0.4) is 0 Å². The second kappa shape index (κ2) is 7.14. The zero-order chi connectivity index (χ0) is 17.1. The molecule has 0 fully saturated rings. The molecule has 0 amide bonds. The lowest BCUT2D eigenvalue weighted by atomic mass is 10.2. The molecule has 8 heteroatoms. The maximum absolute atomic E-state index is 5.85. The summed E-state index contributed by atoms with van der Waals surface area (Å²) in [7, 11) is 0. The Morgan fingerprint density at radius 3 is 2.62 bits per heavy atom. The maximum atomic E-state index is 5.85. The Morgan fingerprint density at radius 2 is 1.92 bits per heavy atom. The molecule has 7 nitrogen and oxygen atoms in total. The molecule has 0 radical (unpaired) electrons. The molecule has 0 aliphatic rings. The van der Waals surface area contributed by atoms with Crippen molar-refractivity contribution >= 4 is 11.8 Å². The fourth-order valence-electron chi connectivity index (χ4n) is 2.51. The number of nitrogens with two attached hydrogens (primary N) is 1. The van der Waals surface area contributed by atoms with Gasteiger partial charge in [0.05, 0.1) is 18.0 Å². The molecule has 0 saturated heterocycles. The summed E-state index contributed by atoms with van der Waals surface area (Å²) in [5, 5.41) is 17.6. The topological polar surface area (TPSA) is 87.4 Å². The third-order valence-corrected chi connectivity index (χ3v) is 4.70. The largest absolute Gasteiger partial charge is 0.324 e. The number of hydrogen-bond acceptors (Lipinski definition) is 6. The van der Waals surface area contributed by atoms with E-state index in [1.54, 1.807) is 18.1 Å². The number of nitrogens with zero attached hydrogens (tertiary/aromatic N) is 6. The molecule has 0 bridgehead atoms. The molecule has 2 N–H and O–H groups in total. The highest BCUT2D eigenvalue weighted by Crippen LogP contribution is 2.26. The van der Waals surface area contributed by atoms with Crippen molar-refractivity contribution in [2.75, 3.05) is 0 Å². The van der Waals surface area contributed by atoms with Crippen LogP contribution in [0.25, 0.3) is 5.69 Å². The minimum atomic E-state index is 0.324. The highest BCUT2D eigenvalue weighted by atomic mass is 32.2. The number of aryl methyl sites for hydroxylation is 1. The van der Waals surface area contributed by atoms with Gasteiger partial charge in [-0.05, 0) is 32.4 Å². The molecule has 24 heavy (non-hydrogen) atoms. The third-order valence-electron chi connectivity index (χ3n) is 3.77. The highest BCUT2D eigenvalue weighted by Gasteiger charge is 2.16. The van der Waals surface area contributed by atoms with Crippen molar-refractivity contribution in [3.63, 3.8) is 0 Å². The Bertz CT molecular complexity index is 821. The van der Waals surface area contributed by atoms with Crippen molar-refractivity contribution in [3.8, 4) is 5.69 Å². The molecule has 0 spiro atoms. The van der Waals surface area contributed by atoms with Gasteiger partial charge in [-0.3, -0.25) is 4.57 Å². The zero-order valence-corrected chi connectivity index (χ0v) is 14.9. The summed E-state index contributed by atoms with van der Waals surface area (Å²) in [5.74, 6) is 2.34. The second-order valence-corrected chi connectivity index (χ2v) is 6.70. The fraction of sp³-hybridized carbons (Fsp3) is 0.375. The number of benzene rings is 1. The van der Waals surface area contributed by atoms with E-state index >= 15 is 0 Å². The first-order valence-corrected chi connectivity index (χ1v) is 8.82. The summed E-state index contributed by atoms with van der Waals surface area (Å²) in [4.78, 5) is 0. The highest BCUT2D eigenvalue weighted by molar-refractivity contribution is 7.98. The summed E-state index contributed by atoms with van der Waals surface area (Å²) in [6, 6.07) is 8.47. The van der Waals surface area contributed by atoms with Gasteiger partial charge in [-0.1, -0.05) is 30.0 Å². The SMILES string of the molecule is Cc1ccccc1-n1c(CN)nnc1SCc1nncn1C(C)C. The molecule has 0 aliphatic carbocycles. The lowest BCUT2D eigenvalue weighted by molar-refractivity contribution is 0.579. The zero-order valence-electron chi connectivity index (χ0n) is 14.0. The van der Waals surface area contributed by atoms with Gasteiger partial charge in [-0.2, -0.15) is 0 Å². The Labute approximate surface area is 145 Å². The van der Waals surface area contributed by atoms with E-state index < -0.39 is 0 Å². The molecule has 1 aromatic carbocycles. The van der Waals surface area contributed by atoms with Gasteiger partial charge in [0.1, 0.15) is 12.2 Å². The maximum Gasteiger partial charge on any atom is 0.196 e. The minimum Gasteiger partial charge on any atom is -0.324 e. The predicted octanol–water partition coefficient (Wildman–Crippen LogP) is 2.50. The Hall–Kier alpha value is -2.19. The van der Waals surface area contributed by atoms with Crippen LogP contribution in [-0.4, -0.2) is 29.5 Å². The Morgan fingerprint density at radius 1 is 1.12 bits per heavy atom. The minimum absolute atomic E-state index is 0.324. The van der Waals surface area contributed by atoms with Gasteiger partial charge < -0.3 is 10.3 Å². The predicted molar refractivity (Wildman–Crippen MR) is 94.0 cm³/mol. The quantitative estimate of drug-likeness (QED) is 0.692. The number of rotatable bonds is 6. The van der Waals surface area contributed by atoms with Crippen LogP contribution in [0.5, 0.6) is 0 Å². The van der Waals surface area contributed by atoms with E-state index in [0.29, 0.717) is 18.3 Å². The van der Waals surface area contributed by atoms with Crippen molar-refractivity contribution in [2.45, 2.75) is 44.3 Å². The molecular formula is C16H21N7S. The summed E-state index contributed by atoms with van der Waals surface area (Å²) in [5.41, 5.74) is 8.05. The summed E-state index contributed by atoms with van der Waals surface area (Å²) in [6.07, 6.45) is 1.76. The molecule has 2 heterocycles. The molecule has 0 saturated carbocycles. The summed E-state index contributed by atoms with van der Waals surface area (Å²) >= 11 is 1.59. The third kappa shape index (κ3) is 3.20. The molecule has 3 rings (SSSR count). The van der Waals surface area contributed by atoms with Gasteiger partial charge in [-0.25, -0.2) is 0 Å².